The minimum absolute atomic E-state index is 0.137. The standard InChI is InChI=1S/C11H21NO3.C4H10.C2H6/c1-8-6-12(7-9(8)14-5)10(13)15-11(2,3)4;1-3-4-2;1-2/h8-9H,6-7H2,1-5H3;3-4H2,1-2H3;1-2H3. The minimum atomic E-state index is -0.425. The fraction of sp³-hybridized carbons (Fsp3) is 0.941. The Hall–Kier alpha value is -0.770. The zero-order chi connectivity index (χ0) is 17.1. The van der Waals surface area contributed by atoms with Crippen molar-refractivity contribution in [2.75, 3.05) is 20.2 Å². The molecule has 0 aromatic carbocycles. The van der Waals surface area contributed by atoms with E-state index < -0.39 is 5.60 Å². The number of methoxy groups -OCH3 is 1. The first-order valence-corrected chi connectivity index (χ1v) is 8.25. The van der Waals surface area contributed by atoms with E-state index in [1.54, 1.807) is 12.0 Å². The zero-order valence-corrected chi connectivity index (χ0v) is 15.7. The van der Waals surface area contributed by atoms with Crippen LogP contribution in [0.3, 0.4) is 0 Å². The van der Waals surface area contributed by atoms with Gasteiger partial charge in [0.05, 0.1) is 12.6 Å². The highest BCUT2D eigenvalue weighted by Gasteiger charge is 2.34. The monoisotopic (exact) mass is 303 g/mol. The molecule has 1 aliphatic heterocycles. The first-order chi connectivity index (χ1) is 9.75. The highest BCUT2D eigenvalue weighted by molar-refractivity contribution is 5.68. The molecule has 0 saturated carbocycles. The molecule has 1 aliphatic rings. The molecular weight excluding hydrogens is 266 g/mol. The van der Waals surface area contributed by atoms with Gasteiger partial charge in [-0.3, -0.25) is 0 Å². The maximum Gasteiger partial charge on any atom is 0.410 e. The van der Waals surface area contributed by atoms with E-state index in [9.17, 15) is 4.79 Å². The summed E-state index contributed by atoms with van der Waals surface area (Å²) in [5, 5.41) is 0. The van der Waals surface area contributed by atoms with Gasteiger partial charge in [0.1, 0.15) is 5.60 Å². The third-order valence-corrected chi connectivity index (χ3v) is 3.00. The molecule has 0 N–H and O–H groups in total. The molecule has 0 spiro atoms. The van der Waals surface area contributed by atoms with Gasteiger partial charge < -0.3 is 14.4 Å². The zero-order valence-electron chi connectivity index (χ0n) is 15.7. The Bertz CT molecular complexity index is 259. The van der Waals surface area contributed by atoms with Gasteiger partial charge in [0.2, 0.25) is 0 Å². The quantitative estimate of drug-likeness (QED) is 0.741. The van der Waals surface area contributed by atoms with Gasteiger partial charge in [0.15, 0.2) is 0 Å². The first kappa shape index (κ1) is 22.5. The van der Waals surface area contributed by atoms with Crippen LogP contribution in [0.1, 0.15) is 68.2 Å². The third-order valence-electron chi connectivity index (χ3n) is 3.00. The van der Waals surface area contributed by atoms with Gasteiger partial charge >= 0.3 is 6.09 Å². The largest absolute Gasteiger partial charge is 0.444 e. The van der Waals surface area contributed by atoms with Crippen molar-refractivity contribution in [3.05, 3.63) is 0 Å². The molecule has 1 rings (SSSR count). The number of unbranched alkanes of at least 4 members (excludes halogenated alkanes) is 1. The summed E-state index contributed by atoms with van der Waals surface area (Å²) in [4.78, 5) is 13.4. The predicted octanol–water partition coefficient (Wildman–Crippen LogP) is 4.72. The lowest BCUT2D eigenvalue weighted by atomic mass is 10.1. The summed E-state index contributed by atoms with van der Waals surface area (Å²) >= 11 is 0. The van der Waals surface area contributed by atoms with Crippen molar-refractivity contribution in [2.24, 2.45) is 5.92 Å². The van der Waals surface area contributed by atoms with E-state index >= 15 is 0 Å². The van der Waals surface area contributed by atoms with Crippen molar-refractivity contribution in [3.8, 4) is 0 Å². The van der Waals surface area contributed by atoms with Gasteiger partial charge in [-0.25, -0.2) is 4.79 Å². The van der Waals surface area contributed by atoms with Crippen molar-refractivity contribution in [1.82, 2.24) is 4.90 Å². The van der Waals surface area contributed by atoms with Crippen LogP contribution in [0.2, 0.25) is 0 Å². The summed E-state index contributed by atoms with van der Waals surface area (Å²) in [6.07, 6.45) is 2.53. The van der Waals surface area contributed by atoms with Crippen LogP contribution < -0.4 is 0 Å². The lowest BCUT2D eigenvalue weighted by molar-refractivity contribution is 0.0252. The molecule has 1 saturated heterocycles. The van der Waals surface area contributed by atoms with Crippen molar-refractivity contribution in [3.63, 3.8) is 0 Å². The summed E-state index contributed by atoms with van der Waals surface area (Å²) in [6, 6.07) is 0. The smallest absolute Gasteiger partial charge is 0.410 e. The Morgan fingerprint density at radius 3 is 1.90 bits per heavy atom. The van der Waals surface area contributed by atoms with E-state index in [4.69, 9.17) is 9.47 Å². The summed E-state index contributed by atoms with van der Waals surface area (Å²) < 4.78 is 10.6. The minimum Gasteiger partial charge on any atom is -0.444 e. The maximum absolute atomic E-state index is 11.7. The average Bonchev–Trinajstić information content (AvgIpc) is 2.81. The summed E-state index contributed by atoms with van der Waals surface area (Å²) in [5.74, 6) is 0.377. The molecule has 4 heteroatoms. The Morgan fingerprint density at radius 2 is 1.62 bits per heavy atom. The molecule has 0 aromatic rings. The van der Waals surface area contributed by atoms with E-state index in [-0.39, 0.29) is 12.2 Å². The highest BCUT2D eigenvalue weighted by atomic mass is 16.6. The van der Waals surface area contributed by atoms with Crippen LogP contribution in [0.25, 0.3) is 0 Å². The Morgan fingerprint density at radius 1 is 1.14 bits per heavy atom. The third kappa shape index (κ3) is 10.6. The molecule has 0 bridgehead atoms. The van der Waals surface area contributed by atoms with Crippen LogP contribution in [0.15, 0.2) is 0 Å². The Balaban J connectivity index is 0. The number of likely N-dealkylation sites (tertiary alicyclic amines) is 1. The molecule has 0 radical (unpaired) electrons. The van der Waals surface area contributed by atoms with Crippen LogP contribution in [0.4, 0.5) is 4.79 Å². The number of hydrogen-bond acceptors (Lipinski definition) is 3. The van der Waals surface area contributed by atoms with Gasteiger partial charge in [0.25, 0.3) is 0 Å². The second kappa shape index (κ2) is 11.8. The normalized spacial score (nSPS) is 20.9. The Labute approximate surface area is 132 Å². The first-order valence-electron chi connectivity index (χ1n) is 8.25. The van der Waals surface area contributed by atoms with Gasteiger partial charge in [-0.15, -0.1) is 0 Å². The second-order valence-corrected chi connectivity index (χ2v) is 6.14. The maximum atomic E-state index is 11.7. The molecule has 2 unspecified atom stereocenters. The van der Waals surface area contributed by atoms with Gasteiger partial charge in [-0.2, -0.15) is 0 Å². The number of carbonyl (C=O) groups excluding carboxylic acids is 1. The Kier molecular flexibility index (Phi) is 12.7. The molecule has 128 valence electrons. The highest BCUT2D eigenvalue weighted by Crippen LogP contribution is 2.21. The lowest BCUT2D eigenvalue weighted by Gasteiger charge is -2.24. The number of hydrogen-bond donors (Lipinski definition) is 0. The van der Waals surface area contributed by atoms with Crippen LogP contribution in [0, 0.1) is 5.92 Å². The van der Waals surface area contributed by atoms with Crippen LogP contribution in [-0.2, 0) is 9.47 Å². The van der Waals surface area contributed by atoms with E-state index in [0.29, 0.717) is 19.0 Å². The van der Waals surface area contributed by atoms with Crippen LogP contribution in [0.5, 0.6) is 0 Å². The molecule has 1 fully saturated rings. The topological polar surface area (TPSA) is 38.8 Å². The summed E-state index contributed by atoms with van der Waals surface area (Å²) in [6.45, 7) is 17.4. The molecule has 0 aliphatic carbocycles. The fourth-order valence-electron chi connectivity index (χ4n) is 1.72. The van der Waals surface area contributed by atoms with Gasteiger partial charge in [0, 0.05) is 19.6 Å². The van der Waals surface area contributed by atoms with E-state index in [0.717, 1.165) is 0 Å². The second-order valence-electron chi connectivity index (χ2n) is 6.14. The number of carbonyl (C=O) groups is 1. The predicted molar refractivity (Wildman–Crippen MR) is 89.7 cm³/mol. The van der Waals surface area contributed by atoms with Gasteiger partial charge in [-0.05, 0) is 20.8 Å². The molecule has 4 nitrogen and oxygen atoms in total. The van der Waals surface area contributed by atoms with E-state index in [2.05, 4.69) is 20.8 Å². The van der Waals surface area contributed by atoms with Crippen molar-refractivity contribution >= 4 is 6.09 Å². The number of rotatable bonds is 2. The summed E-state index contributed by atoms with van der Waals surface area (Å²) in [5.41, 5.74) is -0.425. The van der Waals surface area contributed by atoms with Crippen molar-refractivity contribution < 1.29 is 14.3 Å². The average molecular weight is 303 g/mol. The van der Waals surface area contributed by atoms with Crippen LogP contribution >= 0.6 is 0 Å². The molecular formula is C17H37NO3. The van der Waals surface area contributed by atoms with Crippen molar-refractivity contribution in [2.45, 2.75) is 79.9 Å². The lowest BCUT2D eigenvalue weighted by Crippen LogP contribution is -2.36. The van der Waals surface area contributed by atoms with Crippen LogP contribution in [-0.4, -0.2) is 42.9 Å². The number of nitrogens with zero attached hydrogens (tertiary/aromatic N) is 1. The summed E-state index contributed by atoms with van der Waals surface area (Å²) in [7, 11) is 1.68. The molecule has 1 heterocycles. The van der Waals surface area contributed by atoms with E-state index in [1.165, 1.54) is 12.8 Å². The fourth-order valence-corrected chi connectivity index (χ4v) is 1.72. The van der Waals surface area contributed by atoms with Crippen molar-refractivity contribution in [1.29, 1.82) is 0 Å². The molecule has 2 atom stereocenters. The number of ether oxygens (including phenoxy) is 2. The number of amides is 1. The molecule has 1 amide bonds. The van der Waals surface area contributed by atoms with E-state index in [1.807, 2.05) is 34.6 Å². The van der Waals surface area contributed by atoms with Gasteiger partial charge in [-0.1, -0.05) is 47.5 Å². The molecule has 21 heavy (non-hydrogen) atoms. The SMILES string of the molecule is CC.CCCC.COC1CN(C(=O)OC(C)(C)C)CC1C. The molecule has 0 aromatic heterocycles.